The molecule has 0 saturated carbocycles. The molecule has 1 aromatic heterocycles. The fourth-order valence-corrected chi connectivity index (χ4v) is 1.19. The van der Waals surface area contributed by atoms with Crippen molar-refractivity contribution in [2.75, 3.05) is 0 Å². The molecule has 0 unspecified atom stereocenters. The van der Waals surface area contributed by atoms with Crippen LogP contribution in [-0.4, -0.2) is 4.98 Å². The molecule has 0 amide bonds. The van der Waals surface area contributed by atoms with Crippen LogP contribution >= 0.6 is 0 Å². The van der Waals surface area contributed by atoms with Crippen molar-refractivity contribution in [1.82, 2.24) is 4.98 Å². The number of benzene rings is 1. The van der Waals surface area contributed by atoms with Crippen LogP contribution in [-0.2, 0) is 6.42 Å². The first-order chi connectivity index (χ1) is 6.33. The van der Waals surface area contributed by atoms with Crippen LogP contribution in [0.3, 0.4) is 0 Å². The van der Waals surface area contributed by atoms with Gasteiger partial charge in [-0.25, -0.2) is 4.98 Å². The third-order valence-electron chi connectivity index (χ3n) is 1.86. The zero-order chi connectivity index (χ0) is 9.26. The van der Waals surface area contributed by atoms with E-state index in [9.17, 15) is 0 Å². The Labute approximate surface area is 75.6 Å². The van der Waals surface area contributed by atoms with Crippen molar-refractivity contribution in [3.63, 3.8) is 0 Å². The van der Waals surface area contributed by atoms with Crippen LogP contribution in [0.1, 0.15) is 18.4 Å². The summed E-state index contributed by atoms with van der Waals surface area (Å²) in [7, 11) is 0. The van der Waals surface area contributed by atoms with Gasteiger partial charge in [0, 0.05) is 12.5 Å². The molecule has 0 atom stereocenters. The summed E-state index contributed by atoms with van der Waals surface area (Å²) in [5.41, 5.74) is 2.11. The second-order valence-electron chi connectivity index (χ2n) is 2.76. The van der Waals surface area contributed by atoms with Gasteiger partial charge in [0.25, 0.3) is 0 Å². The van der Waals surface area contributed by atoms with Crippen molar-refractivity contribution in [3.8, 4) is 6.07 Å². The Kier molecular flexibility index (Phi) is 1.75. The van der Waals surface area contributed by atoms with E-state index >= 15 is 0 Å². The maximum Gasteiger partial charge on any atom is 0.195 e. The van der Waals surface area contributed by atoms with Crippen molar-refractivity contribution < 1.29 is 4.42 Å². The molecule has 0 bridgehead atoms. The van der Waals surface area contributed by atoms with Crippen molar-refractivity contribution in [1.29, 1.82) is 5.26 Å². The lowest BCUT2D eigenvalue weighted by Gasteiger charge is -1.85. The molecule has 0 spiro atoms. The van der Waals surface area contributed by atoms with Gasteiger partial charge >= 0.3 is 0 Å². The summed E-state index contributed by atoms with van der Waals surface area (Å²) in [5, 5.41) is 8.65. The van der Waals surface area contributed by atoms with Crippen molar-refractivity contribution in [2.24, 2.45) is 0 Å². The summed E-state index contributed by atoms with van der Waals surface area (Å²) in [6, 6.07) is 7.31. The Bertz CT molecular complexity index is 479. The van der Waals surface area contributed by atoms with Crippen LogP contribution < -0.4 is 0 Å². The molecule has 1 aromatic carbocycles. The van der Waals surface area contributed by atoms with Crippen LogP contribution in [0.4, 0.5) is 0 Å². The highest BCUT2D eigenvalue weighted by Gasteiger charge is 2.03. The number of oxazole rings is 1. The van der Waals surface area contributed by atoms with Gasteiger partial charge in [-0.15, -0.1) is 0 Å². The van der Waals surface area contributed by atoms with Gasteiger partial charge in [0.05, 0.1) is 11.6 Å². The molecule has 0 aliphatic rings. The molecule has 1 heterocycles. The molecular weight excluding hydrogens is 164 g/mol. The fraction of sp³-hybridized carbons (Fsp3) is 0.200. The Morgan fingerprint density at radius 3 is 3.08 bits per heavy atom. The first-order valence-electron chi connectivity index (χ1n) is 4.13. The van der Waals surface area contributed by atoms with E-state index in [0.717, 1.165) is 11.9 Å². The molecule has 2 rings (SSSR count). The number of nitrogens with zero attached hydrogens (tertiary/aromatic N) is 2. The average molecular weight is 172 g/mol. The average Bonchev–Trinajstić information content (AvgIpc) is 2.58. The topological polar surface area (TPSA) is 49.8 Å². The molecule has 3 heteroatoms. The monoisotopic (exact) mass is 172 g/mol. The standard InChI is InChI=1S/C10H8N2O/c1-2-10-12-8-4-3-7(6-11)5-9(8)13-10/h3-5H,2H2,1H3. The highest BCUT2D eigenvalue weighted by molar-refractivity contribution is 5.74. The minimum Gasteiger partial charge on any atom is -0.441 e. The maximum atomic E-state index is 8.65. The number of rotatable bonds is 1. The number of aromatic nitrogens is 1. The molecule has 0 fully saturated rings. The first-order valence-corrected chi connectivity index (χ1v) is 4.13. The lowest BCUT2D eigenvalue weighted by molar-refractivity contribution is 0.538. The maximum absolute atomic E-state index is 8.65. The normalized spacial score (nSPS) is 10.2. The van der Waals surface area contributed by atoms with Gasteiger partial charge in [0.15, 0.2) is 11.5 Å². The van der Waals surface area contributed by atoms with Gasteiger partial charge in [0.2, 0.25) is 0 Å². The predicted octanol–water partition coefficient (Wildman–Crippen LogP) is 2.26. The molecule has 64 valence electrons. The first kappa shape index (κ1) is 7.81. The third kappa shape index (κ3) is 1.27. The summed E-state index contributed by atoms with van der Waals surface area (Å²) in [5.74, 6) is 0.713. The molecule has 0 radical (unpaired) electrons. The Morgan fingerprint density at radius 2 is 2.38 bits per heavy atom. The summed E-state index contributed by atoms with van der Waals surface area (Å²) >= 11 is 0. The van der Waals surface area contributed by atoms with E-state index in [0.29, 0.717) is 17.0 Å². The zero-order valence-corrected chi connectivity index (χ0v) is 7.24. The smallest absolute Gasteiger partial charge is 0.195 e. The summed E-state index contributed by atoms with van der Waals surface area (Å²) in [4.78, 5) is 4.23. The number of hydrogen-bond acceptors (Lipinski definition) is 3. The molecule has 2 aromatic rings. The predicted molar refractivity (Wildman–Crippen MR) is 48.1 cm³/mol. The third-order valence-corrected chi connectivity index (χ3v) is 1.86. The zero-order valence-electron chi connectivity index (χ0n) is 7.24. The highest BCUT2D eigenvalue weighted by atomic mass is 16.3. The lowest BCUT2D eigenvalue weighted by Crippen LogP contribution is -1.75. The van der Waals surface area contributed by atoms with Gasteiger partial charge in [-0.2, -0.15) is 5.26 Å². The van der Waals surface area contributed by atoms with Crippen LogP contribution in [0.15, 0.2) is 22.6 Å². The van der Waals surface area contributed by atoms with E-state index in [1.54, 1.807) is 18.2 Å². The molecule has 0 saturated heterocycles. The van der Waals surface area contributed by atoms with E-state index < -0.39 is 0 Å². The van der Waals surface area contributed by atoms with Crippen molar-refractivity contribution in [2.45, 2.75) is 13.3 Å². The number of fused-ring (bicyclic) bond motifs is 1. The van der Waals surface area contributed by atoms with E-state index in [1.807, 2.05) is 6.92 Å². The molecule has 13 heavy (non-hydrogen) atoms. The number of hydrogen-bond donors (Lipinski definition) is 0. The van der Waals surface area contributed by atoms with Crippen LogP contribution in [0, 0.1) is 11.3 Å². The Morgan fingerprint density at radius 1 is 1.54 bits per heavy atom. The quantitative estimate of drug-likeness (QED) is 0.662. The minimum atomic E-state index is 0.603. The second kappa shape index (κ2) is 2.91. The van der Waals surface area contributed by atoms with E-state index in [4.69, 9.17) is 9.68 Å². The lowest BCUT2D eigenvalue weighted by atomic mass is 10.2. The van der Waals surface area contributed by atoms with Gasteiger partial charge in [0.1, 0.15) is 5.52 Å². The number of nitriles is 1. The van der Waals surface area contributed by atoms with Gasteiger partial charge in [-0.3, -0.25) is 0 Å². The van der Waals surface area contributed by atoms with Gasteiger partial charge in [-0.05, 0) is 12.1 Å². The molecule has 0 N–H and O–H groups in total. The van der Waals surface area contributed by atoms with Crippen LogP contribution in [0.5, 0.6) is 0 Å². The van der Waals surface area contributed by atoms with Crippen LogP contribution in [0.25, 0.3) is 11.1 Å². The van der Waals surface area contributed by atoms with Crippen molar-refractivity contribution >= 4 is 11.1 Å². The molecule has 0 aliphatic carbocycles. The van der Waals surface area contributed by atoms with E-state index in [-0.39, 0.29) is 0 Å². The van der Waals surface area contributed by atoms with E-state index in [2.05, 4.69) is 11.1 Å². The van der Waals surface area contributed by atoms with Crippen molar-refractivity contribution in [3.05, 3.63) is 29.7 Å². The second-order valence-corrected chi connectivity index (χ2v) is 2.76. The summed E-state index contributed by atoms with van der Waals surface area (Å²) < 4.78 is 5.40. The number of aryl methyl sites for hydroxylation is 1. The minimum absolute atomic E-state index is 0.603. The Balaban J connectivity index is 2.65. The van der Waals surface area contributed by atoms with Gasteiger partial charge in [-0.1, -0.05) is 6.92 Å². The van der Waals surface area contributed by atoms with Crippen LogP contribution in [0.2, 0.25) is 0 Å². The SMILES string of the molecule is CCc1nc2ccc(C#N)cc2o1. The highest BCUT2D eigenvalue weighted by Crippen LogP contribution is 2.16. The molecule has 3 nitrogen and oxygen atoms in total. The Hall–Kier alpha value is -1.82. The van der Waals surface area contributed by atoms with Gasteiger partial charge < -0.3 is 4.42 Å². The van der Waals surface area contributed by atoms with E-state index in [1.165, 1.54) is 0 Å². The molecule has 0 aliphatic heterocycles. The fourth-order valence-electron chi connectivity index (χ4n) is 1.19. The molecular formula is C10H8N2O. The summed E-state index contributed by atoms with van der Waals surface area (Å²) in [6.45, 7) is 1.98. The summed E-state index contributed by atoms with van der Waals surface area (Å²) in [6.07, 6.45) is 0.774. The largest absolute Gasteiger partial charge is 0.441 e.